The Morgan fingerprint density at radius 1 is 1.45 bits per heavy atom. The SMILES string of the molecule is CCC(C)(C)C1CCC(C#N)C(N2CCNC(=O)C2)C1. The van der Waals surface area contributed by atoms with Crippen LogP contribution in [-0.2, 0) is 4.79 Å². The topological polar surface area (TPSA) is 56.1 Å². The fourth-order valence-corrected chi connectivity index (χ4v) is 3.64. The van der Waals surface area contributed by atoms with Crippen molar-refractivity contribution in [2.45, 2.75) is 52.5 Å². The van der Waals surface area contributed by atoms with Gasteiger partial charge < -0.3 is 5.32 Å². The Bertz CT molecular complexity index is 399. The molecule has 1 amide bonds. The minimum absolute atomic E-state index is 0.0878. The number of nitrogens with one attached hydrogen (secondary N) is 1. The zero-order valence-corrected chi connectivity index (χ0v) is 13.0. The molecule has 0 aromatic heterocycles. The molecular formula is C16H27N3O. The van der Waals surface area contributed by atoms with E-state index in [0.29, 0.717) is 17.9 Å². The molecule has 4 heteroatoms. The number of nitriles is 1. The second-order valence-corrected chi connectivity index (χ2v) is 6.98. The average molecular weight is 277 g/mol. The van der Waals surface area contributed by atoms with E-state index in [0.717, 1.165) is 32.4 Å². The van der Waals surface area contributed by atoms with Crippen LogP contribution >= 0.6 is 0 Å². The first-order valence-electron chi connectivity index (χ1n) is 7.88. The highest BCUT2D eigenvalue weighted by molar-refractivity contribution is 5.78. The van der Waals surface area contributed by atoms with E-state index in [1.807, 2.05) is 0 Å². The molecule has 1 heterocycles. The zero-order valence-electron chi connectivity index (χ0n) is 13.0. The highest BCUT2D eigenvalue weighted by Gasteiger charge is 2.40. The number of carbonyl (C=O) groups excluding carboxylic acids is 1. The molecule has 2 rings (SSSR count). The number of hydrogen-bond acceptors (Lipinski definition) is 3. The van der Waals surface area contributed by atoms with Gasteiger partial charge in [-0.3, -0.25) is 9.69 Å². The predicted molar refractivity (Wildman–Crippen MR) is 78.9 cm³/mol. The standard InChI is InChI=1S/C16H27N3O/c1-4-16(2,3)13-6-5-12(10-17)14(9-13)19-8-7-18-15(20)11-19/h12-14H,4-9,11H2,1-3H3,(H,18,20). The third-order valence-corrected chi connectivity index (χ3v) is 5.54. The zero-order chi connectivity index (χ0) is 14.8. The number of hydrogen-bond donors (Lipinski definition) is 1. The molecule has 3 atom stereocenters. The highest BCUT2D eigenvalue weighted by Crippen LogP contribution is 2.43. The quantitative estimate of drug-likeness (QED) is 0.860. The van der Waals surface area contributed by atoms with Gasteiger partial charge in [-0.05, 0) is 30.6 Å². The first-order chi connectivity index (χ1) is 9.47. The molecule has 0 bridgehead atoms. The van der Waals surface area contributed by atoms with E-state index in [1.165, 1.54) is 6.42 Å². The number of amides is 1. The van der Waals surface area contributed by atoms with E-state index >= 15 is 0 Å². The smallest absolute Gasteiger partial charge is 0.234 e. The molecule has 112 valence electrons. The molecule has 1 saturated heterocycles. The molecule has 0 aromatic rings. The Kier molecular flexibility index (Phi) is 4.70. The minimum atomic E-state index is 0.0878. The van der Waals surface area contributed by atoms with Gasteiger partial charge in [0.15, 0.2) is 0 Å². The Labute approximate surface area is 122 Å². The summed E-state index contributed by atoms with van der Waals surface area (Å²) in [6.07, 6.45) is 4.36. The Balaban J connectivity index is 2.10. The fourth-order valence-electron chi connectivity index (χ4n) is 3.64. The highest BCUT2D eigenvalue weighted by atomic mass is 16.2. The summed E-state index contributed by atoms with van der Waals surface area (Å²) in [5.74, 6) is 0.849. The van der Waals surface area contributed by atoms with Crippen molar-refractivity contribution in [1.29, 1.82) is 5.26 Å². The lowest BCUT2D eigenvalue weighted by Crippen LogP contribution is -2.55. The van der Waals surface area contributed by atoms with Crippen LogP contribution in [0.1, 0.15) is 46.5 Å². The summed E-state index contributed by atoms with van der Waals surface area (Å²) < 4.78 is 0. The van der Waals surface area contributed by atoms with Crippen molar-refractivity contribution in [2.75, 3.05) is 19.6 Å². The predicted octanol–water partition coefficient (Wildman–Crippen LogP) is 2.16. The van der Waals surface area contributed by atoms with Gasteiger partial charge >= 0.3 is 0 Å². The molecule has 0 spiro atoms. The summed E-state index contributed by atoms with van der Waals surface area (Å²) in [7, 11) is 0. The van der Waals surface area contributed by atoms with Crippen molar-refractivity contribution in [3.63, 3.8) is 0 Å². The summed E-state index contributed by atoms with van der Waals surface area (Å²) in [5, 5.41) is 12.3. The van der Waals surface area contributed by atoms with Crippen molar-refractivity contribution < 1.29 is 4.79 Å². The maximum atomic E-state index is 11.6. The fraction of sp³-hybridized carbons (Fsp3) is 0.875. The van der Waals surface area contributed by atoms with Gasteiger partial charge in [0.05, 0.1) is 18.5 Å². The summed E-state index contributed by atoms with van der Waals surface area (Å²) >= 11 is 0. The third-order valence-electron chi connectivity index (χ3n) is 5.54. The van der Waals surface area contributed by atoms with Crippen molar-refractivity contribution in [3.05, 3.63) is 0 Å². The van der Waals surface area contributed by atoms with Gasteiger partial charge in [-0.1, -0.05) is 27.2 Å². The number of piperazine rings is 1. The molecule has 1 aliphatic carbocycles. The summed E-state index contributed by atoms with van der Waals surface area (Å²) in [6, 6.07) is 2.74. The van der Waals surface area contributed by atoms with Crippen LogP contribution in [0.2, 0.25) is 0 Å². The molecule has 3 unspecified atom stereocenters. The van der Waals surface area contributed by atoms with Crippen LogP contribution in [0.4, 0.5) is 0 Å². The van der Waals surface area contributed by atoms with Crippen LogP contribution in [0.5, 0.6) is 0 Å². The van der Waals surface area contributed by atoms with Crippen LogP contribution < -0.4 is 5.32 Å². The van der Waals surface area contributed by atoms with Crippen molar-refractivity contribution in [2.24, 2.45) is 17.3 Å². The maximum absolute atomic E-state index is 11.6. The molecule has 20 heavy (non-hydrogen) atoms. The molecule has 1 saturated carbocycles. The molecule has 0 radical (unpaired) electrons. The van der Waals surface area contributed by atoms with Gasteiger partial charge in [-0.2, -0.15) is 5.26 Å². The third kappa shape index (κ3) is 3.15. The Hall–Kier alpha value is -1.08. The van der Waals surface area contributed by atoms with E-state index < -0.39 is 0 Å². The largest absolute Gasteiger partial charge is 0.354 e. The van der Waals surface area contributed by atoms with Crippen molar-refractivity contribution in [3.8, 4) is 6.07 Å². The Morgan fingerprint density at radius 3 is 2.80 bits per heavy atom. The first kappa shape index (κ1) is 15.3. The second kappa shape index (κ2) is 6.13. The van der Waals surface area contributed by atoms with E-state index in [1.54, 1.807) is 0 Å². The monoisotopic (exact) mass is 277 g/mol. The summed E-state index contributed by atoms with van der Waals surface area (Å²) in [5.41, 5.74) is 0.330. The van der Waals surface area contributed by atoms with Crippen molar-refractivity contribution >= 4 is 5.91 Å². The van der Waals surface area contributed by atoms with Crippen LogP contribution in [-0.4, -0.2) is 36.5 Å². The molecule has 2 fully saturated rings. The number of nitrogens with zero attached hydrogens (tertiary/aromatic N) is 2. The first-order valence-corrected chi connectivity index (χ1v) is 7.88. The second-order valence-electron chi connectivity index (χ2n) is 6.98. The van der Waals surface area contributed by atoms with Gasteiger partial charge in [0, 0.05) is 19.1 Å². The van der Waals surface area contributed by atoms with E-state index in [9.17, 15) is 10.1 Å². The van der Waals surface area contributed by atoms with Gasteiger partial charge in [0.2, 0.25) is 5.91 Å². The molecule has 1 aliphatic heterocycles. The minimum Gasteiger partial charge on any atom is -0.354 e. The lowest BCUT2D eigenvalue weighted by atomic mass is 9.66. The molecule has 1 N–H and O–H groups in total. The van der Waals surface area contributed by atoms with Gasteiger partial charge in [-0.25, -0.2) is 0 Å². The van der Waals surface area contributed by atoms with Crippen molar-refractivity contribution in [1.82, 2.24) is 10.2 Å². The molecule has 0 aromatic carbocycles. The number of carbonyl (C=O) groups is 1. The number of rotatable bonds is 3. The van der Waals surface area contributed by atoms with Gasteiger partial charge in [0.25, 0.3) is 0 Å². The van der Waals surface area contributed by atoms with Crippen LogP contribution in [0.3, 0.4) is 0 Å². The van der Waals surface area contributed by atoms with Crippen LogP contribution in [0.25, 0.3) is 0 Å². The average Bonchev–Trinajstić information content (AvgIpc) is 2.46. The summed E-state index contributed by atoms with van der Waals surface area (Å²) in [6.45, 7) is 8.99. The molecular weight excluding hydrogens is 250 g/mol. The van der Waals surface area contributed by atoms with E-state index in [-0.39, 0.29) is 17.9 Å². The molecule has 2 aliphatic rings. The maximum Gasteiger partial charge on any atom is 0.234 e. The normalized spacial score (nSPS) is 32.5. The van der Waals surface area contributed by atoms with E-state index in [4.69, 9.17) is 0 Å². The van der Waals surface area contributed by atoms with Gasteiger partial charge in [0.1, 0.15) is 0 Å². The summed E-state index contributed by atoms with van der Waals surface area (Å²) in [4.78, 5) is 13.9. The van der Waals surface area contributed by atoms with Crippen LogP contribution in [0.15, 0.2) is 0 Å². The lowest BCUT2D eigenvalue weighted by Gasteiger charge is -2.46. The Morgan fingerprint density at radius 2 is 2.20 bits per heavy atom. The van der Waals surface area contributed by atoms with Gasteiger partial charge in [-0.15, -0.1) is 0 Å². The molecule has 4 nitrogen and oxygen atoms in total. The lowest BCUT2D eigenvalue weighted by molar-refractivity contribution is -0.125. The van der Waals surface area contributed by atoms with E-state index in [2.05, 4.69) is 37.1 Å². The van der Waals surface area contributed by atoms with Crippen LogP contribution in [0, 0.1) is 28.6 Å².